The molecule has 0 saturated heterocycles. The summed E-state index contributed by atoms with van der Waals surface area (Å²) in [5, 5.41) is 26.7. The van der Waals surface area contributed by atoms with E-state index in [0.717, 1.165) is 46.2 Å². The molecule has 5 N–H and O–H groups in total. The second kappa shape index (κ2) is 19.9. The van der Waals surface area contributed by atoms with Crippen LogP contribution in [0.1, 0.15) is 38.7 Å². The van der Waals surface area contributed by atoms with Crippen LogP contribution in [0.4, 0.5) is 24.8 Å². The highest BCUT2D eigenvalue weighted by molar-refractivity contribution is 6.31. The van der Waals surface area contributed by atoms with Gasteiger partial charge in [-0.1, -0.05) is 102 Å². The number of pyridine rings is 4. The molecule has 0 aliphatic heterocycles. The van der Waals surface area contributed by atoms with E-state index in [1.807, 2.05) is 73.7 Å². The molecule has 14 heteroatoms. The van der Waals surface area contributed by atoms with E-state index < -0.39 is 11.7 Å². The molecule has 0 radical (unpaired) electrons. The summed E-state index contributed by atoms with van der Waals surface area (Å²) >= 11 is 11.6. The van der Waals surface area contributed by atoms with Crippen LogP contribution < -0.4 is 11.1 Å². The first-order chi connectivity index (χ1) is 27.8. The molecule has 4 aromatic carbocycles. The van der Waals surface area contributed by atoms with Gasteiger partial charge in [-0.3, -0.25) is 14.8 Å². The Morgan fingerprint density at radius 2 is 1.29 bits per heavy atom. The first-order valence-electron chi connectivity index (χ1n) is 17.4. The van der Waals surface area contributed by atoms with Gasteiger partial charge in [0.2, 0.25) is 0 Å². The third-order valence-corrected chi connectivity index (χ3v) is 8.71. The molecule has 0 aliphatic rings. The first kappa shape index (κ1) is 42.4. The largest absolute Gasteiger partial charge is 0.506 e. The lowest BCUT2D eigenvalue weighted by atomic mass is 9.95. The van der Waals surface area contributed by atoms with Gasteiger partial charge in [0.25, 0.3) is 0 Å². The highest BCUT2D eigenvalue weighted by Crippen LogP contribution is 2.36. The highest BCUT2D eigenvalue weighted by Gasteiger charge is 2.29. The standard InChI is InChI=1S/C22H18ClN3O.C9H7NO.C8H5F3O.C5H5ClN2/c1-14-4-6-16(7-5-14)20(26-19-13-17(23)10-12-24-19)18-9-8-15-3-2-11-25-21(15)22(18)27;11-8-5-1-3-7-4-2-6-10-9(7)8;9-8(10,11)7-3-1-6(5-12)2-4-7;6-4-1-2-8-5(7)3-4/h2-13,20,27H,1H3,(H,24,26);1-6,11H;1-5H;1-3H,(H2,7,8). The molecule has 8 rings (SSSR count). The van der Waals surface area contributed by atoms with Gasteiger partial charge in [0.05, 0.1) is 11.6 Å². The number of nitrogens with one attached hydrogen (secondary N) is 1. The zero-order valence-electron chi connectivity index (χ0n) is 30.6. The van der Waals surface area contributed by atoms with E-state index in [9.17, 15) is 28.2 Å². The average Bonchev–Trinajstić information content (AvgIpc) is 3.21. The van der Waals surface area contributed by atoms with E-state index in [1.54, 1.807) is 61.2 Å². The SMILES string of the molecule is Cc1ccc(C(Nc2cc(Cl)ccn2)c2ccc3cccnc3c2O)cc1.Nc1cc(Cl)ccn1.O=Cc1ccc(C(F)(F)F)cc1.Oc1cccc2cccnc12. The summed E-state index contributed by atoms with van der Waals surface area (Å²) in [7, 11) is 0. The van der Waals surface area contributed by atoms with Gasteiger partial charge in [-0.15, -0.1) is 0 Å². The molecule has 294 valence electrons. The summed E-state index contributed by atoms with van der Waals surface area (Å²) in [5.41, 5.74) is 8.90. The number of hydrogen-bond donors (Lipinski definition) is 4. The first-order valence-corrected chi connectivity index (χ1v) is 18.1. The van der Waals surface area contributed by atoms with Crippen LogP contribution in [-0.4, -0.2) is 36.4 Å². The molecular weight excluding hydrogens is 788 g/mol. The van der Waals surface area contributed by atoms with E-state index in [4.69, 9.17) is 28.9 Å². The Bertz CT molecular complexity index is 2570. The number of alkyl halides is 3. The number of hydrogen-bond acceptors (Lipinski definition) is 9. The average molecular weight is 824 g/mol. The van der Waals surface area contributed by atoms with Crippen LogP contribution >= 0.6 is 23.2 Å². The fraction of sp³-hybridized carbons (Fsp3) is 0.0682. The fourth-order valence-electron chi connectivity index (χ4n) is 5.37. The molecule has 8 aromatic rings. The van der Waals surface area contributed by atoms with Crippen molar-refractivity contribution in [2.24, 2.45) is 0 Å². The monoisotopic (exact) mass is 822 g/mol. The van der Waals surface area contributed by atoms with E-state index in [2.05, 4.69) is 25.3 Å². The number of aromatic hydroxyl groups is 2. The molecular formula is C44H35Cl2F3N6O3. The maximum Gasteiger partial charge on any atom is 0.416 e. The number of phenolic OH excluding ortho intramolecular Hbond substituents is 2. The number of aryl methyl sites for hydroxylation is 1. The quantitative estimate of drug-likeness (QED) is 0.125. The van der Waals surface area contributed by atoms with Crippen molar-refractivity contribution in [1.82, 2.24) is 19.9 Å². The Morgan fingerprint density at radius 1 is 0.690 bits per heavy atom. The number of aldehydes is 1. The highest BCUT2D eigenvalue weighted by atomic mass is 35.5. The van der Waals surface area contributed by atoms with Crippen molar-refractivity contribution >= 4 is 62.9 Å². The second-order valence-corrected chi connectivity index (χ2v) is 13.3. The molecule has 0 aliphatic carbocycles. The van der Waals surface area contributed by atoms with Gasteiger partial charge in [0, 0.05) is 56.7 Å². The van der Waals surface area contributed by atoms with Crippen molar-refractivity contribution in [1.29, 1.82) is 0 Å². The lowest BCUT2D eigenvalue weighted by molar-refractivity contribution is -0.137. The minimum atomic E-state index is -4.33. The second-order valence-electron chi connectivity index (χ2n) is 12.4. The van der Waals surface area contributed by atoms with Crippen molar-refractivity contribution < 1.29 is 28.2 Å². The zero-order valence-corrected chi connectivity index (χ0v) is 32.2. The summed E-state index contributed by atoms with van der Waals surface area (Å²) in [6.07, 6.45) is 2.73. The number of nitrogens with zero attached hydrogens (tertiary/aromatic N) is 4. The molecule has 0 spiro atoms. The molecule has 0 amide bonds. The number of nitrogen functional groups attached to an aromatic ring is 1. The third-order valence-electron chi connectivity index (χ3n) is 8.24. The van der Waals surface area contributed by atoms with Crippen LogP contribution in [0, 0.1) is 6.92 Å². The maximum atomic E-state index is 11.9. The number of phenols is 2. The maximum absolute atomic E-state index is 11.9. The molecule has 9 nitrogen and oxygen atoms in total. The number of anilines is 2. The topological polar surface area (TPSA) is 147 Å². The Morgan fingerprint density at radius 3 is 1.86 bits per heavy atom. The number of rotatable bonds is 5. The minimum Gasteiger partial charge on any atom is -0.506 e. The number of nitrogens with two attached hydrogens (primary N) is 1. The van der Waals surface area contributed by atoms with E-state index in [-0.39, 0.29) is 23.1 Å². The minimum absolute atomic E-state index is 0.160. The number of para-hydroxylation sites is 1. The third kappa shape index (κ3) is 11.9. The van der Waals surface area contributed by atoms with Crippen molar-refractivity contribution in [3.05, 3.63) is 190 Å². The normalized spacial score (nSPS) is 11.1. The Hall–Kier alpha value is -6.76. The summed E-state index contributed by atoms with van der Waals surface area (Å²) < 4.78 is 35.8. The van der Waals surface area contributed by atoms with Crippen LogP contribution in [0.25, 0.3) is 21.8 Å². The van der Waals surface area contributed by atoms with Crippen LogP contribution in [0.3, 0.4) is 0 Å². The van der Waals surface area contributed by atoms with Gasteiger partial charge in [0.15, 0.2) is 0 Å². The number of halogens is 5. The van der Waals surface area contributed by atoms with E-state index in [1.165, 1.54) is 5.56 Å². The number of carbonyl (C=O) groups is 1. The van der Waals surface area contributed by atoms with Crippen LogP contribution in [0.15, 0.2) is 152 Å². The molecule has 0 saturated carbocycles. The van der Waals surface area contributed by atoms with Crippen LogP contribution in [0.5, 0.6) is 11.5 Å². The lowest BCUT2D eigenvalue weighted by Gasteiger charge is -2.22. The summed E-state index contributed by atoms with van der Waals surface area (Å²) in [4.78, 5) is 26.5. The Kier molecular flexibility index (Phi) is 14.5. The van der Waals surface area contributed by atoms with E-state index >= 15 is 0 Å². The van der Waals surface area contributed by atoms with Crippen molar-refractivity contribution in [2.75, 3.05) is 11.1 Å². The van der Waals surface area contributed by atoms with Crippen molar-refractivity contribution in [3.63, 3.8) is 0 Å². The predicted molar refractivity (Wildman–Crippen MR) is 223 cm³/mol. The molecule has 4 heterocycles. The zero-order chi connectivity index (χ0) is 41.7. The van der Waals surface area contributed by atoms with Crippen LogP contribution in [0.2, 0.25) is 10.0 Å². The van der Waals surface area contributed by atoms with E-state index in [0.29, 0.717) is 39.0 Å². The summed E-state index contributed by atoms with van der Waals surface area (Å²) in [6.45, 7) is 2.04. The molecule has 0 fully saturated rings. The molecule has 4 aromatic heterocycles. The van der Waals surface area contributed by atoms with Gasteiger partial charge in [-0.05, 0) is 67.1 Å². The number of carbonyl (C=O) groups excluding carboxylic acids is 1. The molecule has 1 atom stereocenters. The molecule has 1 unspecified atom stereocenters. The molecule has 0 bridgehead atoms. The Balaban J connectivity index is 0.000000170. The van der Waals surface area contributed by atoms with Gasteiger partial charge in [-0.2, -0.15) is 13.2 Å². The summed E-state index contributed by atoms with van der Waals surface area (Å²) in [6, 6.07) is 35.5. The summed E-state index contributed by atoms with van der Waals surface area (Å²) in [5.74, 6) is 1.49. The van der Waals surface area contributed by atoms with Gasteiger partial charge in [-0.25, -0.2) is 9.97 Å². The van der Waals surface area contributed by atoms with Gasteiger partial charge >= 0.3 is 6.18 Å². The van der Waals surface area contributed by atoms with Crippen molar-refractivity contribution in [2.45, 2.75) is 19.1 Å². The fourth-order valence-corrected chi connectivity index (χ4v) is 5.70. The predicted octanol–water partition coefficient (Wildman–Crippen LogP) is 11.3. The van der Waals surface area contributed by atoms with Gasteiger partial charge < -0.3 is 21.3 Å². The number of aromatic nitrogens is 4. The Labute approximate surface area is 341 Å². The van der Waals surface area contributed by atoms with Crippen molar-refractivity contribution in [3.8, 4) is 11.5 Å². The van der Waals surface area contributed by atoms with Crippen LogP contribution in [-0.2, 0) is 6.18 Å². The smallest absolute Gasteiger partial charge is 0.416 e. The lowest BCUT2D eigenvalue weighted by Crippen LogP contribution is -2.13. The number of fused-ring (bicyclic) bond motifs is 2. The molecule has 58 heavy (non-hydrogen) atoms. The van der Waals surface area contributed by atoms with Gasteiger partial charge in [0.1, 0.15) is 40.5 Å². The number of benzene rings is 4.